The van der Waals surface area contributed by atoms with Crippen LogP contribution in [0.2, 0.25) is 0 Å². The number of carbonyl (C=O) groups is 1. The van der Waals surface area contributed by atoms with E-state index in [9.17, 15) is 4.79 Å². The largest absolute Gasteiger partial charge is 0.444 e. The summed E-state index contributed by atoms with van der Waals surface area (Å²) in [5.41, 5.74) is 1.90. The van der Waals surface area contributed by atoms with Gasteiger partial charge >= 0.3 is 6.09 Å². The summed E-state index contributed by atoms with van der Waals surface area (Å²) in [6.45, 7) is 9.23. The zero-order chi connectivity index (χ0) is 16.2. The average molecular weight is 304 g/mol. The Morgan fingerprint density at radius 3 is 2.32 bits per heavy atom. The number of nitrogens with one attached hydrogen (secondary N) is 2. The van der Waals surface area contributed by atoms with E-state index in [1.807, 2.05) is 32.9 Å². The van der Waals surface area contributed by atoms with Gasteiger partial charge in [-0.25, -0.2) is 4.79 Å². The molecule has 4 heteroatoms. The van der Waals surface area contributed by atoms with Gasteiger partial charge in [0.05, 0.1) is 0 Å². The maximum atomic E-state index is 11.8. The Morgan fingerprint density at radius 1 is 1.18 bits per heavy atom. The van der Waals surface area contributed by atoms with E-state index in [1.165, 1.54) is 18.4 Å². The lowest BCUT2D eigenvalue weighted by Crippen LogP contribution is -2.39. The Morgan fingerprint density at radius 2 is 1.77 bits per heavy atom. The second-order valence-corrected chi connectivity index (χ2v) is 7.28. The first-order chi connectivity index (χ1) is 10.3. The van der Waals surface area contributed by atoms with E-state index in [0.29, 0.717) is 12.6 Å². The number of ether oxygens (including phenoxy) is 1. The van der Waals surface area contributed by atoms with Gasteiger partial charge < -0.3 is 15.4 Å². The molecule has 0 unspecified atom stereocenters. The lowest BCUT2D eigenvalue weighted by atomic mass is 9.82. The van der Waals surface area contributed by atoms with Gasteiger partial charge in [0.2, 0.25) is 0 Å². The van der Waals surface area contributed by atoms with Crippen LogP contribution < -0.4 is 10.6 Å². The summed E-state index contributed by atoms with van der Waals surface area (Å²) in [5.74, 6) is 0.849. The predicted molar refractivity (Wildman–Crippen MR) is 88.5 cm³/mol. The molecule has 2 rings (SSSR count). The third-order valence-electron chi connectivity index (χ3n) is 3.90. The Hall–Kier alpha value is -1.55. The molecule has 1 aromatic rings. The van der Waals surface area contributed by atoms with Gasteiger partial charge in [0.15, 0.2) is 0 Å². The molecule has 0 spiro atoms. The molecule has 4 nitrogen and oxygen atoms in total. The van der Waals surface area contributed by atoms with Gasteiger partial charge in [-0.2, -0.15) is 0 Å². The number of carbonyl (C=O) groups excluding carboxylic acids is 1. The van der Waals surface area contributed by atoms with E-state index in [2.05, 4.69) is 29.7 Å². The van der Waals surface area contributed by atoms with Gasteiger partial charge in [-0.3, -0.25) is 0 Å². The fraction of sp³-hybridized carbons (Fsp3) is 0.611. The van der Waals surface area contributed by atoms with E-state index in [-0.39, 0.29) is 6.09 Å². The van der Waals surface area contributed by atoms with Crippen LogP contribution in [0.25, 0.3) is 0 Å². The number of hydrogen-bond acceptors (Lipinski definition) is 3. The molecule has 1 aromatic carbocycles. The quantitative estimate of drug-likeness (QED) is 0.874. The SMILES string of the molecule is CC1CC(NCc2ccccc2CNC(=O)OC(C)(C)C)C1. The van der Waals surface area contributed by atoms with Gasteiger partial charge in [-0.1, -0.05) is 31.2 Å². The lowest BCUT2D eigenvalue weighted by Gasteiger charge is -2.33. The molecule has 1 amide bonds. The normalized spacial score (nSPS) is 21.1. The minimum atomic E-state index is -0.466. The van der Waals surface area contributed by atoms with Gasteiger partial charge in [0.1, 0.15) is 5.60 Å². The van der Waals surface area contributed by atoms with Crippen LogP contribution in [0.1, 0.15) is 51.7 Å². The van der Waals surface area contributed by atoms with Crippen molar-refractivity contribution in [1.29, 1.82) is 0 Å². The Labute approximate surface area is 133 Å². The molecule has 0 aromatic heterocycles. The Kier molecular flexibility index (Phi) is 5.46. The summed E-state index contributed by atoms with van der Waals surface area (Å²) < 4.78 is 5.27. The van der Waals surface area contributed by atoms with Gasteiger partial charge in [0, 0.05) is 19.1 Å². The number of benzene rings is 1. The van der Waals surface area contributed by atoms with Crippen molar-refractivity contribution in [2.75, 3.05) is 0 Å². The first-order valence-corrected chi connectivity index (χ1v) is 8.10. The molecule has 1 aliphatic carbocycles. The number of hydrogen-bond donors (Lipinski definition) is 2. The molecular weight excluding hydrogens is 276 g/mol. The molecule has 2 N–H and O–H groups in total. The third kappa shape index (κ3) is 5.34. The predicted octanol–water partition coefficient (Wildman–Crippen LogP) is 3.60. The van der Waals surface area contributed by atoms with E-state index in [4.69, 9.17) is 4.74 Å². The van der Waals surface area contributed by atoms with Crippen molar-refractivity contribution >= 4 is 6.09 Å². The summed E-state index contributed by atoms with van der Waals surface area (Å²) in [4.78, 5) is 11.8. The number of rotatable bonds is 5. The van der Waals surface area contributed by atoms with E-state index >= 15 is 0 Å². The molecule has 1 saturated carbocycles. The molecule has 0 aliphatic heterocycles. The van der Waals surface area contributed by atoms with Crippen molar-refractivity contribution in [3.05, 3.63) is 35.4 Å². The summed E-state index contributed by atoms with van der Waals surface area (Å²) in [7, 11) is 0. The van der Waals surface area contributed by atoms with Crippen molar-refractivity contribution in [3.63, 3.8) is 0 Å². The molecule has 0 bridgehead atoms. The van der Waals surface area contributed by atoms with Crippen molar-refractivity contribution in [3.8, 4) is 0 Å². The molecule has 1 aliphatic rings. The van der Waals surface area contributed by atoms with Crippen LogP contribution in [0.15, 0.2) is 24.3 Å². The standard InChI is InChI=1S/C18H28N2O2/c1-13-9-16(10-13)19-11-14-7-5-6-8-15(14)12-20-17(21)22-18(2,3)4/h5-8,13,16,19H,9-12H2,1-4H3,(H,20,21). The fourth-order valence-corrected chi connectivity index (χ4v) is 2.71. The highest BCUT2D eigenvalue weighted by Gasteiger charge is 2.24. The highest BCUT2D eigenvalue weighted by atomic mass is 16.6. The second-order valence-electron chi connectivity index (χ2n) is 7.28. The first-order valence-electron chi connectivity index (χ1n) is 8.10. The van der Waals surface area contributed by atoms with Crippen LogP contribution in [-0.4, -0.2) is 17.7 Å². The summed E-state index contributed by atoms with van der Waals surface area (Å²) in [5, 5.41) is 6.42. The number of amides is 1. The van der Waals surface area contributed by atoms with Gasteiger partial charge in [-0.05, 0) is 50.7 Å². The molecule has 0 atom stereocenters. The van der Waals surface area contributed by atoms with Crippen LogP contribution in [0.5, 0.6) is 0 Å². The van der Waals surface area contributed by atoms with Crippen LogP contribution in [0.3, 0.4) is 0 Å². The first kappa shape index (κ1) is 16.8. The van der Waals surface area contributed by atoms with Crippen LogP contribution in [-0.2, 0) is 17.8 Å². The molecule has 0 radical (unpaired) electrons. The van der Waals surface area contributed by atoms with Crippen molar-refractivity contribution in [1.82, 2.24) is 10.6 Å². The maximum absolute atomic E-state index is 11.8. The minimum Gasteiger partial charge on any atom is -0.444 e. The van der Waals surface area contributed by atoms with E-state index in [1.54, 1.807) is 0 Å². The summed E-state index contributed by atoms with van der Waals surface area (Å²) in [6, 6.07) is 8.85. The van der Waals surface area contributed by atoms with Crippen LogP contribution in [0, 0.1) is 5.92 Å². The van der Waals surface area contributed by atoms with Gasteiger partial charge in [0.25, 0.3) is 0 Å². The zero-order valence-electron chi connectivity index (χ0n) is 14.1. The topological polar surface area (TPSA) is 50.4 Å². The molecule has 0 heterocycles. The molecule has 122 valence electrons. The van der Waals surface area contributed by atoms with Crippen LogP contribution in [0.4, 0.5) is 4.79 Å². The average Bonchev–Trinajstić information content (AvgIpc) is 2.39. The summed E-state index contributed by atoms with van der Waals surface area (Å²) >= 11 is 0. The Bertz CT molecular complexity index is 502. The smallest absolute Gasteiger partial charge is 0.407 e. The molecular formula is C18H28N2O2. The highest BCUT2D eigenvalue weighted by Crippen LogP contribution is 2.26. The third-order valence-corrected chi connectivity index (χ3v) is 3.90. The molecule has 22 heavy (non-hydrogen) atoms. The van der Waals surface area contributed by atoms with Crippen molar-refractivity contribution in [2.24, 2.45) is 5.92 Å². The lowest BCUT2D eigenvalue weighted by molar-refractivity contribution is 0.0523. The van der Waals surface area contributed by atoms with E-state index in [0.717, 1.165) is 18.0 Å². The van der Waals surface area contributed by atoms with Crippen molar-refractivity contribution in [2.45, 2.75) is 65.3 Å². The second kappa shape index (κ2) is 7.14. The van der Waals surface area contributed by atoms with Crippen molar-refractivity contribution < 1.29 is 9.53 Å². The monoisotopic (exact) mass is 304 g/mol. The Balaban J connectivity index is 1.84. The number of alkyl carbamates (subject to hydrolysis) is 1. The van der Waals surface area contributed by atoms with Gasteiger partial charge in [-0.15, -0.1) is 0 Å². The summed E-state index contributed by atoms with van der Waals surface area (Å²) in [6.07, 6.45) is 2.15. The zero-order valence-corrected chi connectivity index (χ0v) is 14.1. The highest BCUT2D eigenvalue weighted by molar-refractivity contribution is 5.67. The fourth-order valence-electron chi connectivity index (χ4n) is 2.71. The van der Waals surface area contributed by atoms with E-state index < -0.39 is 5.60 Å². The molecule has 1 fully saturated rings. The molecule has 0 saturated heterocycles. The minimum absolute atomic E-state index is 0.372. The maximum Gasteiger partial charge on any atom is 0.407 e. The van der Waals surface area contributed by atoms with Crippen LogP contribution >= 0.6 is 0 Å².